The Morgan fingerprint density at radius 2 is 2.17 bits per heavy atom. The fraction of sp³-hybridized carbons (Fsp3) is 0.263. The van der Waals surface area contributed by atoms with Crippen LogP contribution in [0.3, 0.4) is 0 Å². The van der Waals surface area contributed by atoms with E-state index in [1.54, 1.807) is 30.5 Å². The number of hydrogen-bond acceptors (Lipinski definition) is 6. The van der Waals surface area contributed by atoms with Crippen LogP contribution in [0, 0.1) is 5.82 Å². The number of rotatable bonds is 6. The van der Waals surface area contributed by atoms with Crippen molar-refractivity contribution in [2.45, 2.75) is 12.8 Å². The van der Waals surface area contributed by atoms with Crippen molar-refractivity contribution in [3.05, 3.63) is 57.3 Å². The Balaban J connectivity index is 1.45. The Bertz CT molecular complexity index is 1070. The maximum Gasteiger partial charge on any atom is 0.253 e. The molecule has 0 atom stereocenters. The van der Waals surface area contributed by atoms with Crippen molar-refractivity contribution >= 4 is 40.3 Å². The molecule has 1 aliphatic rings. The van der Waals surface area contributed by atoms with Crippen LogP contribution in [0.5, 0.6) is 0 Å². The number of anilines is 1. The number of amides is 1. The molecule has 0 bridgehead atoms. The van der Waals surface area contributed by atoms with Crippen molar-refractivity contribution in [1.29, 1.82) is 0 Å². The van der Waals surface area contributed by atoms with Gasteiger partial charge in [0.25, 0.3) is 5.91 Å². The lowest BCUT2D eigenvalue weighted by molar-refractivity contribution is -0.125. The minimum Gasteiger partial charge on any atom is -0.370 e. The molecule has 4 rings (SSSR count). The molecule has 1 fully saturated rings. The van der Waals surface area contributed by atoms with Gasteiger partial charge in [0.1, 0.15) is 12.3 Å². The summed E-state index contributed by atoms with van der Waals surface area (Å²) < 4.78 is 21.6. The number of morpholine rings is 1. The second-order valence-corrected chi connectivity index (χ2v) is 8.13. The molecule has 0 radical (unpaired) electrons. The largest absolute Gasteiger partial charge is 0.370 e. The highest BCUT2D eigenvalue weighted by atomic mass is 35.5. The number of ketones is 1. The van der Waals surface area contributed by atoms with E-state index in [1.807, 2.05) is 0 Å². The van der Waals surface area contributed by atoms with Crippen molar-refractivity contribution in [3.8, 4) is 5.69 Å². The number of aryl methyl sites for hydroxylation is 1. The Morgan fingerprint density at radius 3 is 2.90 bits per heavy atom. The number of carbonyl (C=O) groups excluding carboxylic acids is 2. The summed E-state index contributed by atoms with van der Waals surface area (Å²) in [4.78, 5) is 26.2. The summed E-state index contributed by atoms with van der Waals surface area (Å²) in [5.41, 5.74) is 1.26. The molecule has 1 aromatic carbocycles. The van der Waals surface area contributed by atoms with E-state index in [-0.39, 0.29) is 30.4 Å². The monoisotopic (exact) mass is 434 g/mol. The normalized spacial score (nSPS) is 14.4. The van der Waals surface area contributed by atoms with E-state index in [9.17, 15) is 14.0 Å². The number of halogens is 2. The van der Waals surface area contributed by atoms with Crippen molar-refractivity contribution in [1.82, 2.24) is 15.0 Å². The summed E-state index contributed by atoms with van der Waals surface area (Å²) in [5, 5.41) is 7.97. The van der Waals surface area contributed by atoms with Crippen LogP contribution in [0.2, 0.25) is 4.34 Å². The summed E-state index contributed by atoms with van der Waals surface area (Å²) in [6.07, 6.45) is 2.24. The number of aromatic nitrogens is 3. The Hall–Kier alpha value is -2.62. The molecular formula is C19H16ClFN4O3S. The number of nitrogens with zero attached hydrogens (tertiary/aromatic N) is 4. The molecule has 29 heavy (non-hydrogen) atoms. The van der Waals surface area contributed by atoms with Gasteiger partial charge in [-0.05, 0) is 30.3 Å². The molecule has 1 aliphatic heterocycles. The topological polar surface area (TPSA) is 77.3 Å². The number of ether oxygens (including phenoxy) is 1. The second kappa shape index (κ2) is 8.40. The van der Waals surface area contributed by atoms with Crippen molar-refractivity contribution in [3.63, 3.8) is 0 Å². The minimum absolute atomic E-state index is 0.00773. The predicted molar refractivity (Wildman–Crippen MR) is 106 cm³/mol. The summed E-state index contributed by atoms with van der Waals surface area (Å²) in [7, 11) is 0. The summed E-state index contributed by atoms with van der Waals surface area (Å²) in [5.74, 6) is -0.757. The molecule has 2 aromatic heterocycles. The van der Waals surface area contributed by atoms with Crippen LogP contribution in [0.1, 0.15) is 21.8 Å². The third-order valence-corrected chi connectivity index (χ3v) is 5.74. The van der Waals surface area contributed by atoms with Gasteiger partial charge in [0, 0.05) is 25.1 Å². The zero-order valence-corrected chi connectivity index (χ0v) is 16.7. The van der Waals surface area contributed by atoms with Crippen LogP contribution in [-0.2, 0) is 16.0 Å². The molecule has 10 heteroatoms. The van der Waals surface area contributed by atoms with E-state index in [2.05, 4.69) is 10.3 Å². The van der Waals surface area contributed by atoms with Crippen LogP contribution in [0.15, 0.2) is 36.5 Å². The van der Waals surface area contributed by atoms with Gasteiger partial charge in [0.05, 0.1) is 27.7 Å². The first kappa shape index (κ1) is 19.7. The predicted octanol–water partition coefficient (Wildman–Crippen LogP) is 3.30. The van der Waals surface area contributed by atoms with E-state index in [0.717, 1.165) is 0 Å². The lowest BCUT2D eigenvalue weighted by Crippen LogP contribution is -2.41. The standard InChI is InChI=1S/C19H16ClFN4O3S/c20-18-6-5-17(29-18)16(26)4-1-12-10-25(23-22-12)15-3-2-13(9-14(15)21)24-7-8-28-11-19(24)27/h2-3,5-6,9-10H,1,4,7-8,11H2. The lowest BCUT2D eigenvalue weighted by atomic mass is 10.1. The first-order valence-corrected chi connectivity index (χ1v) is 10.1. The van der Waals surface area contributed by atoms with Gasteiger partial charge in [0.2, 0.25) is 0 Å². The third kappa shape index (κ3) is 4.36. The fourth-order valence-electron chi connectivity index (χ4n) is 3.00. The van der Waals surface area contributed by atoms with Crippen LogP contribution < -0.4 is 4.90 Å². The highest BCUT2D eigenvalue weighted by Gasteiger charge is 2.21. The molecule has 0 saturated carbocycles. The molecular weight excluding hydrogens is 419 g/mol. The van der Waals surface area contributed by atoms with E-state index in [0.29, 0.717) is 40.2 Å². The average Bonchev–Trinajstić information content (AvgIpc) is 3.35. The number of carbonyl (C=O) groups is 2. The van der Waals surface area contributed by atoms with Crippen LogP contribution in [-0.4, -0.2) is 46.4 Å². The third-order valence-electron chi connectivity index (χ3n) is 4.47. The highest BCUT2D eigenvalue weighted by molar-refractivity contribution is 7.18. The molecule has 1 saturated heterocycles. The highest BCUT2D eigenvalue weighted by Crippen LogP contribution is 2.24. The first-order chi connectivity index (χ1) is 14.0. The molecule has 7 nitrogen and oxygen atoms in total. The van der Waals surface area contributed by atoms with Gasteiger partial charge in [-0.15, -0.1) is 16.4 Å². The molecule has 3 heterocycles. The number of Topliss-reactive ketones (excluding diaryl/α,β-unsaturated/α-hetero) is 1. The van der Waals surface area contributed by atoms with Crippen molar-refractivity contribution in [2.75, 3.05) is 24.7 Å². The molecule has 0 aliphatic carbocycles. The smallest absolute Gasteiger partial charge is 0.253 e. The zero-order valence-electron chi connectivity index (χ0n) is 15.2. The van der Waals surface area contributed by atoms with Crippen molar-refractivity contribution in [2.24, 2.45) is 0 Å². The van der Waals surface area contributed by atoms with Gasteiger partial charge in [-0.25, -0.2) is 9.07 Å². The maximum atomic E-state index is 14.6. The summed E-state index contributed by atoms with van der Waals surface area (Å²) in [6.45, 7) is 0.790. The Kier molecular flexibility index (Phi) is 5.70. The van der Waals surface area contributed by atoms with Crippen LogP contribution in [0.25, 0.3) is 5.69 Å². The van der Waals surface area contributed by atoms with Crippen LogP contribution in [0.4, 0.5) is 10.1 Å². The van der Waals surface area contributed by atoms with E-state index in [4.69, 9.17) is 16.3 Å². The lowest BCUT2D eigenvalue weighted by Gasteiger charge is -2.27. The molecule has 1 amide bonds. The molecule has 150 valence electrons. The average molecular weight is 435 g/mol. The van der Waals surface area contributed by atoms with Gasteiger partial charge >= 0.3 is 0 Å². The molecule has 0 N–H and O–H groups in total. The Morgan fingerprint density at radius 1 is 1.31 bits per heavy atom. The maximum absolute atomic E-state index is 14.6. The Labute approximate surface area is 174 Å². The van der Waals surface area contributed by atoms with Gasteiger partial charge in [-0.2, -0.15) is 0 Å². The number of thiophene rings is 1. The van der Waals surface area contributed by atoms with Gasteiger partial charge < -0.3 is 9.64 Å². The van der Waals surface area contributed by atoms with E-state index in [1.165, 1.54) is 27.0 Å². The fourth-order valence-corrected chi connectivity index (χ4v) is 4.01. The van der Waals surface area contributed by atoms with Crippen LogP contribution >= 0.6 is 22.9 Å². The summed E-state index contributed by atoms with van der Waals surface area (Å²) >= 11 is 7.09. The number of hydrogen-bond donors (Lipinski definition) is 0. The van der Waals surface area contributed by atoms with Crippen molar-refractivity contribution < 1.29 is 18.7 Å². The van der Waals surface area contributed by atoms with E-state index >= 15 is 0 Å². The zero-order chi connectivity index (χ0) is 20.4. The van der Waals surface area contributed by atoms with Gasteiger partial charge in [-0.1, -0.05) is 16.8 Å². The van der Waals surface area contributed by atoms with Gasteiger partial charge in [-0.3, -0.25) is 9.59 Å². The SMILES string of the molecule is O=C(CCc1cn(-c2ccc(N3CCOCC3=O)cc2F)nn1)c1ccc(Cl)s1. The minimum atomic E-state index is -0.525. The molecule has 0 spiro atoms. The van der Waals surface area contributed by atoms with E-state index < -0.39 is 5.82 Å². The number of benzene rings is 1. The van der Waals surface area contributed by atoms with Gasteiger partial charge in [0.15, 0.2) is 11.6 Å². The second-order valence-electron chi connectivity index (χ2n) is 6.42. The molecule has 0 unspecified atom stereocenters. The summed E-state index contributed by atoms with van der Waals surface area (Å²) in [6, 6.07) is 7.89. The molecule has 3 aromatic rings. The quantitative estimate of drug-likeness (QED) is 0.556. The first-order valence-electron chi connectivity index (χ1n) is 8.89.